The predicted molar refractivity (Wildman–Crippen MR) is 113 cm³/mol. The highest BCUT2D eigenvalue weighted by atomic mass is 19.4. The number of carbonyl (C=O) groups is 1. The molecule has 0 fully saturated rings. The molecule has 4 aromatic rings. The maximum absolute atomic E-state index is 13.0. The molecule has 0 bridgehead atoms. The van der Waals surface area contributed by atoms with Crippen LogP contribution in [0, 0.1) is 0 Å². The standard InChI is InChI=1S/C23H19F3N4O/c1-2-27-22(31)16-6-3-5-15(13-16)19-9-10-20-21(28-11-12-30(19)20)29-18-8-4-7-17(14-18)23(24,25)26/h3-14H,2H2,1H3,(H,27,31)(H,28,29). The van der Waals surface area contributed by atoms with Crippen LogP contribution in [0.25, 0.3) is 16.8 Å². The molecular formula is C23H19F3N4O. The van der Waals surface area contributed by atoms with Gasteiger partial charge in [-0.15, -0.1) is 0 Å². The SMILES string of the molecule is CCNC(=O)c1cccc(-c2ccc3c(Nc4cccc(C(F)(F)F)c4)nccn23)c1. The van der Waals surface area contributed by atoms with Crippen LogP contribution in [0.5, 0.6) is 0 Å². The Morgan fingerprint density at radius 2 is 1.87 bits per heavy atom. The van der Waals surface area contributed by atoms with E-state index in [0.29, 0.717) is 23.4 Å². The number of nitrogens with zero attached hydrogens (tertiary/aromatic N) is 2. The number of halogens is 3. The number of amides is 1. The molecular weight excluding hydrogens is 405 g/mol. The van der Waals surface area contributed by atoms with Crippen LogP contribution in [0.4, 0.5) is 24.7 Å². The van der Waals surface area contributed by atoms with E-state index in [4.69, 9.17) is 0 Å². The number of carbonyl (C=O) groups excluding carboxylic acids is 1. The van der Waals surface area contributed by atoms with Gasteiger partial charge in [-0.1, -0.05) is 18.2 Å². The average Bonchev–Trinajstić information content (AvgIpc) is 3.19. The number of rotatable bonds is 5. The minimum atomic E-state index is -4.42. The third kappa shape index (κ3) is 4.23. The Kier molecular flexibility index (Phi) is 5.37. The molecule has 158 valence electrons. The fourth-order valence-electron chi connectivity index (χ4n) is 3.37. The topological polar surface area (TPSA) is 58.4 Å². The summed E-state index contributed by atoms with van der Waals surface area (Å²) in [4.78, 5) is 16.5. The summed E-state index contributed by atoms with van der Waals surface area (Å²) in [5, 5.41) is 5.75. The second kappa shape index (κ2) is 8.14. The molecule has 2 N–H and O–H groups in total. The van der Waals surface area contributed by atoms with Gasteiger partial charge in [-0.3, -0.25) is 4.79 Å². The van der Waals surface area contributed by atoms with Crippen molar-refractivity contribution in [2.45, 2.75) is 13.1 Å². The second-order valence-electron chi connectivity index (χ2n) is 6.89. The fourth-order valence-corrected chi connectivity index (χ4v) is 3.37. The van der Waals surface area contributed by atoms with Crippen molar-refractivity contribution < 1.29 is 18.0 Å². The highest BCUT2D eigenvalue weighted by Gasteiger charge is 2.30. The third-order valence-corrected chi connectivity index (χ3v) is 4.79. The first-order valence-corrected chi connectivity index (χ1v) is 9.66. The summed E-state index contributed by atoms with van der Waals surface area (Å²) in [7, 11) is 0. The van der Waals surface area contributed by atoms with Crippen LogP contribution >= 0.6 is 0 Å². The van der Waals surface area contributed by atoms with E-state index in [2.05, 4.69) is 15.6 Å². The van der Waals surface area contributed by atoms with E-state index in [-0.39, 0.29) is 11.6 Å². The smallest absolute Gasteiger partial charge is 0.352 e. The van der Waals surface area contributed by atoms with Crippen molar-refractivity contribution in [1.29, 1.82) is 0 Å². The van der Waals surface area contributed by atoms with Crippen LogP contribution in [0.1, 0.15) is 22.8 Å². The minimum Gasteiger partial charge on any atom is -0.352 e. The lowest BCUT2D eigenvalue weighted by Crippen LogP contribution is -2.22. The van der Waals surface area contributed by atoms with E-state index < -0.39 is 11.7 Å². The Morgan fingerprint density at radius 3 is 2.65 bits per heavy atom. The molecule has 0 spiro atoms. The molecule has 0 saturated carbocycles. The summed E-state index contributed by atoms with van der Waals surface area (Å²) in [5.41, 5.74) is 2.46. The Balaban J connectivity index is 1.70. The van der Waals surface area contributed by atoms with Crippen LogP contribution in [-0.2, 0) is 6.18 Å². The lowest BCUT2D eigenvalue weighted by molar-refractivity contribution is -0.137. The zero-order valence-corrected chi connectivity index (χ0v) is 16.6. The molecule has 0 aliphatic carbocycles. The first-order valence-electron chi connectivity index (χ1n) is 9.66. The van der Waals surface area contributed by atoms with Crippen LogP contribution in [0.2, 0.25) is 0 Å². The summed E-state index contributed by atoms with van der Waals surface area (Å²) in [6, 6.07) is 15.9. The quantitative estimate of drug-likeness (QED) is 0.444. The van der Waals surface area contributed by atoms with Crippen molar-refractivity contribution in [2.75, 3.05) is 11.9 Å². The summed E-state index contributed by atoms with van der Waals surface area (Å²) < 4.78 is 40.9. The van der Waals surface area contributed by atoms with E-state index in [1.165, 1.54) is 6.07 Å². The Hall–Kier alpha value is -3.81. The molecule has 1 amide bonds. The Labute approximate surface area is 176 Å². The number of hydrogen-bond donors (Lipinski definition) is 2. The van der Waals surface area contributed by atoms with Gasteiger partial charge in [0.05, 0.1) is 16.8 Å². The second-order valence-corrected chi connectivity index (χ2v) is 6.89. The van der Waals surface area contributed by atoms with Crippen molar-refractivity contribution in [3.63, 3.8) is 0 Å². The van der Waals surface area contributed by atoms with E-state index in [1.807, 2.05) is 35.6 Å². The van der Waals surface area contributed by atoms with Gasteiger partial charge in [0.25, 0.3) is 5.91 Å². The molecule has 0 atom stereocenters. The maximum Gasteiger partial charge on any atom is 0.416 e. The van der Waals surface area contributed by atoms with Crippen LogP contribution in [0.15, 0.2) is 73.1 Å². The van der Waals surface area contributed by atoms with Gasteiger partial charge in [-0.05, 0) is 55.0 Å². The van der Waals surface area contributed by atoms with Gasteiger partial charge < -0.3 is 15.0 Å². The molecule has 2 heterocycles. The molecule has 0 aliphatic rings. The lowest BCUT2D eigenvalue weighted by Gasteiger charge is -2.12. The molecule has 2 aromatic carbocycles. The highest BCUT2D eigenvalue weighted by Crippen LogP contribution is 2.32. The van der Waals surface area contributed by atoms with Gasteiger partial charge in [0.2, 0.25) is 0 Å². The zero-order valence-electron chi connectivity index (χ0n) is 16.6. The van der Waals surface area contributed by atoms with Gasteiger partial charge in [0.1, 0.15) is 0 Å². The third-order valence-electron chi connectivity index (χ3n) is 4.79. The number of hydrogen-bond acceptors (Lipinski definition) is 3. The Morgan fingerprint density at radius 1 is 1.06 bits per heavy atom. The largest absolute Gasteiger partial charge is 0.416 e. The van der Waals surface area contributed by atoms with E-state index in [1.54, 1.807) is 30.6 Å². The van der Waals surface area contributed by atoms with E-state index in [0.717, 1.165) is 23.4 Å². The Bertz CT molecular complexity index is 1250. The molecule has 2 aromatic heterocycles. The number of aromatic nitrogens is 2. The summed E-state index contributed by atoms with van der Waals surface area (Å²) in [6.45, 7) is 2.39. The van der Waals surface area contributed by atoms with Crippen molar-refractivity contribution in [3.8, 4) is 11.3 Å². The van der Waals surface area contributed by atoms with Gasteiger partial charge in [0, 0.05) is 30.2 Å². The van der Waals surface area contributed by atoms with Crippen LogP contribution < -0.4 is 10.6 Å². The molecule has 5 nitrogen and oxygen atoms in total. The number of fused-ring (bicyclic) bond motifs is 1. The lowest BCUT2D eigenvalue weighted by atomic mass is 10.1. The van der Waals surface area contributed by atoms with Crippen LogP contribution in [0.3, 0.4) is 0 Å². The summed E-state index contributed by atoms with van der Waals surface area (Å²) in [5.74, 6) is 0.270. The van der Waals surface area contributed by atoms with Crippen LogP contribution in [-0.4, -0.2) is 21.8 Å². The molecule has 31 heavy (non-hydrogen) atoms. The normalized spacial score (nSPS) is 11.5. The number of nitrogens with one attached hydrogen (secondary N) is 2. The first kappa shape index (κ1) is 20.5. The minimum absolute atomic E-state index is 0.154. The van der Waals surface area contributed by atoms with E-state index >= 15 is 0 Å². The fraction of sp³-hybridized carbons (Fsp3) is 0.130. The molecule has 8 heteroatoms. The number of alkyl halides is 3. The summed E-state index contributed by atoms with van der Waals surface area (Å²) in [6.07, 6.45) is -1.09. The van der Waals surface area contributed by atoms with E-state index in [9.17, 15) is 18.0 Å². The van der Waals surface area contributed by atoms with Crippen molar-refractivity contribution >= 4 is 22.9 Å². The van der Waals surface area contributed by atoms with Crippen molar-refractivity contribution in [3.05, 3.63) is 84.2 Å². The predicted octanol–water partition coefficient (Wildman–Crippen LogP) is 5.51. The first-order chi connectivity index (χ1) is 14.9. The maximum atomic E-state index is 13.0. The molecule has 0 aliphatic heterocycles. The van der Waals surface area contributed by atoms with Crippen molar-refractivity contribution in [2.24, 2.45) is 0 Å². The highest BCUT2D eigenvalue weighted by molar-refractivity contribution is 5.95. The molecule has 0 unspecified atom stereocenters. The number of benzene rings is 2. The van der Waals surface area contributed by atoms with Gasteiger partial charge in [-0.2, -0.15) is 13.2 Å². The average molecular weight is 424 g/mol. The molecule has 0 saturated heterocycles. The monoisotopic (exact) mass is 424 g/mol. The molecule has 0 radical (unpaired) electrons. The summed E-state index contributed by atoms with van der Waals surface area (Å²) >= 11 is 0. The molecule has 4 rings (SSSR count). The van der Waals surface area contributed by atoms with Gasteiger partial charge in [-0.25, -0.2) is 4.98 Å². The van der Waals surface area contributed by atoms with Gasteiger partial charge >= 0.3 is 6.18 Å². The van der Waals surface area contributed by atoms with Gasteiger partial charge in [0.15, 0.2) is 5.82 Å². The van der Waals surface area contributed by atoms with Crippen molar-refractivity contribution in [1.82, 2.24) is 14.7 Å². The zero-order chi connectivity index (χ0) is 22.0. The number of anilines is 2.